The third kappa shape index (κ3) is 3.69. The SMILES string of the molecule is COCCn1c(-c2cc(Br)ccc2Br)nnc1S(N)(=O)=O. The van der Waals surface area contributed by atoms with Crippen molar-refractivity contribution in [2.24, 2.45) is 5.14 Å². The van der Waals surface area contributed by atoms with Crippen molar-refractivity contribution >= 4 is 41.9 Å². The van der Waals surface area contributed by atoms with Crippen LogP contribution >= 0.6 is 31.9 Å². The van der Waals surface area contributed by atoms with Crippen LogP contribution in [0.4, 0.5) is 0 Å². The molecule has 10 heteroatoms. The highest BCUT2D eigenvalue weighted by Crippen LogP contribution is 2.30. The Morgan fingerprint density at radius 1 is 1.33 bits per heavy atom. The number of halogens is 2. The molecule has 0 spiro atoms. The van der Waals surface area contributed by atoms with Crippen LogP contribution in [0, 0.1) is 0 Å². The number of primary sulfonamides is 1. The van der Waals surface area contributed by atoms with Gasteiger partial charge in [-0.05, 0) is 18.2 Å². The summed E-state index contributed by atoms with van der Waals surface area (Å²) in [5, 5.41) is 12.5. The second-order valence-corrected chi connectivity index (χ2v) is 7.34. The molecule has 0 aliphatic heterocycles. The minimum Gasteiger partial charge on any atom is -0.383 e. The van der Waals surface area contributed by atoms with Crippen molar-refractivity contribution in [1.29, 1.82) is 0 Å². The molecular formula is C11H12Br2N4O3S. The van der Waals surface area contributed by atoms with Crippen LogP contribution in [-0.2, 0) is 21.3 Å². The molecule has 1 aromatic carbocycles. The third-order valence-electron chi connectivity index (χ3n) is 2.66. The maximum atomic E-state index is 11.6. The zero-order chi connectivity index (χ0) is 15.6. The second kappa shape index (κ2) is 6.53. The number of aromatic nitrogens is 3. The van der Waals surface area contributed by atoms with Crippen molar-refractivity contribution in [3.63, 3.8) is 0 Å². The number of methoxy groups -OCH3 is 1. The standard InChI is InChI=1S/C11H12Br2N4O3S/c1-20-5-4-17-10(15-16-11(17)21(14,18)19)8-6-7(12)2-3-9(8)13/h2-3,6H,4-5H2,1H3,(H2,14,18,19). The molecule has 1 heterocycles. The van der Waals surface area contributed by atoms with Crippen LogP contribution in [0.3, 0.4) is 0 Å². The predicted molar refractivity (Wildman–Crippen MR) is 84.1 cm³/mol. The first-order chi connectivity index (χ1) is 9.84. The number of rotatable bonds is 5. The summed E-state index contributed by atoms with van der Waals surface area (Å²) in [6.45, 7) is 0.572. The molecule has 0 atom stereocenters. The van der Waals surface area contributed by atoms with E-state index in [9.17, 15) is 8.42 Å². The van der Waals surface area contributed by atoms with Gasteiger partial charge in [0.15, 0.2) is 5.82 Å². The first-order valence-electron chi connectivity index (χ1n) is 5.75. The van der Waals surface area contributed by atoms with E-state index >= 15 is 0 Å². The monoisotopic (exact) mass is 438 g/mol. The van der Waals surface area contributed by atoms with Gasteiger partial charge in [0.25, 0.3) is 15.2 Å². The normalized spacial score (nSPS) is 11.8. The molecule has 0 saturated carbocycles. The number of sulfonamides is 1. The van der Waals surface area contributed by atoms with Gasteiger partial charge in [-0.25, -0.2) is 13.6 Å². The van der Waals surface area contributed by atoms with E-state index in [2.05, 4.69) is 42.1 Å². The Labute approximate surface area is 138 Å². The lowest BCUT2D eigenvalue weighted by molar-refractivity contribution is 0.185. The van der Waals surface area contributed by atoms with Gasteiger partial charge in [-0.15, -0.1) is 10.2 Å². The lowest BCUT2D eigenvalue weighted by atomic mass is 10.2. The van der Waals surface area contributed by atoms with Crippen molar-refractivity contribution in [2.75, 3.05) is 13.7 Å². The number of nitrogens with zero attached hydrogens (tertiary/aromatic N) is 3. The van der Waals surface area contributed by atoms with Gasteiger partial charge in [-0.1, -0.05) is 31.9 Å². The van der Waals surface area contributed by atoms with E-state index in [1.54, 1.807) is 0 Å². The molecule has 0 saturated heterocycles. The number of ether oxygens (including phenoxy) is 1. The van der Waals surface area contributed by atoms with Crippen LogP contribution < -0.4 is 5.14 Å². The van der Waals surface area contributed by atoms with Gasteiger partial charge in [0.05, 0.1) is 13.2 Å². The molecule has 21 heavy (non-hydrogen) atoms. The molecule has 0 unspecified atom stereocenters. The largest absolute Gasteiger partial charge is 0.383 e. The van der Waals surface area contributed by atoms with Crippen molar-refractivity contribution in [1.82, 2.24) is 14.8 Å². The number of hydrogen-bond acceptors (Lipinski definition) is 5. The van der Waals surface area contributed by atoms with Gasteiger partial charge in [0, 0.05) is 21.6 Å². The van der Waals surface area contributed by atoms with Crippen molar-refractivity contribution in [3.8, 4) is 11.4 Å². The first-order valence-corrected chi connectivity index (χ1v) is 8.88. The minimum atomic E-state index is -3.97. The molecule has 2 aromatic rings. The van der Waals surface area contributed by atoms with E-state index in [0.717, 1.165) is 8.95 Å². The van der Waals surface area contributed by atoms with E-state index in [0.29, 0.717) is 18.0 Å². The summed E-state index contributed by atoms with van der Waals surface area (Å²) in [6.07, 6.45) is 0. The topological polar surface area (TPSA) is 100 Å². The molecule has 7 nitrogen and oxygen atoms in total. The molecular weight excluding hydrogens is 428 g/mol. The Kier molecular flexibility index (Phi) is 5.15. The molecule has 0 radical (unpaired) electrons. The maximum absolute atomic E-state index is 11.6. The number of nitrogens with two attached hydrogens (primary N) is 1. The lowest BCUT2D eigenvalue weighted by Gasteiger charge is -2.10. The Morgan fingerprint density at radius 3 is 2.67 bits per heavy atom. The van der Waals surface area contributed by atoms with Crippen LogP contribution in [0.1, 0.15) is 0 Å². The van der Waals surface area contributed by atoms with Crippen LogP contribution in [0.5, 0.6) is 0 Å². The molecule has 0 fully saturated rings. The summed E-state index contributed by atoms with van der Waals surface area (Å²) in [7, 11) is -2.44. The average molecular weight is 440 g/mol. The molecule has 2 N–H and O–H groups in total. The highest BCUT2D eigenvalue weighted by Gasteiger charge is 2.23. The minimum absolute atomic E-state index is 0.267. The molecule has 1 aromatic heterocycles. The summed E-state index contributed by atoms with van der Waals surface area (Å²) in [6, 6.07) is 5.49. The molecule has 2 rings (SSSR count). The molecule has 0 amide bonds. The van der Waals surface area contributed by atoms with Crippen LogP contribution in [0.2, 0.25) is 0 Å². The van der Waals surface area contributed by atoms with Crippen LogP contribution in [0.15, 0.2) is 32.3 Å². The fraction of sp³-hybridized carbons (Fsp3) is 0.273. The fourth-order valence-electron chi connectivity index (χ4n) is 1.75. The highest BCUT2D eigenvalue weighted by atomic mass is 79.9. The summed E-state index contributed by atoms with van der Waals surface area (Å²) in [5.41, 5.74) is 0.697. The number of hydrogen-bond donors (Lipinski definition) is 1. The summed E-state index contributed by atoms with van der Waals surface area (Å²) >= 11 is 6.79. The molecule has 0 aliphatic carbocycles. The van der Waals surface area contributed by atoms with Gasteiger partial charge >= 0.3 is 0 Å². The lowest BCUT2D eigenvalue weighted by Crippen LogP contribution is -2.20. The van der Waals surface area contributed by atoms with Crippen molar-refractivity contribution in [2.45, 2.75) is 11.7 Å². The highest BCUT2D eigenvalue weighted by molar-refractivity contribution is 9.11. The third-order valence-corrected chi connectivity index (χ3v) is 4.66. The maximum Gasteiger partial charge on any atom is 0.273 e. The van der Waals surface area contributed by atoms with Crippen LogP contribution in [-0.4, -0.2) is 36.9 Å². The van der Waals surface area contributed by atoms with Gasteiger partial charge in [-0.3, -0.25) is 4.57 Å². The van der Waals surface area contributed by atoms with Crippen LogP contribution in [0.25, 0.3) is 11.4 Å². The van der Waals surface area contributed by atoms with E-state index in [-0.39, 0.29) is 11.7 Å². The van der Waals surface area contributed by atoms with Crippen molar-refractivity contribution < 1.29 is 13.2 Å². The Hall–Kier alpha value is -0.810. The predicted octanol–water partition coefficient (Wildman–Crippen LogP) is 1.76. The molecule has 114 valence electrons. The van der Waals surface area contributed by atoms with E-state index in [1.165, 1.54) is 11.7 Å². The Morgan fingerprint density at radius 2 is 2.05 bits per heavy atom. The van der Waals surface area contributed by atoms with Gasteiger partial charge in [0.2, 0.25) is 0 Å². The quantitative estimate of drug-likeness (QED) is 0.764. The Bertz CT molecular complexity index is 761. The van der Waals surface area contributed by atoms with Crippen molar-refractivity contribution in [3.05, 3.63) is 27.1 Å². The van der Waals surface area contributed by atoms with Gasteiger partial charge in [0.1, 0.15) is 0 Å². The van der Waals surface area contributed by atoms with E-state index < -0.39 is 10.0 Å². The summed E-state index contributed by atoms with van der Waals surface area (Å²) < 4.78 is 31.2. The average Bonchev–Trinajstić information content (AvgIpc) is 2.82. The first kappa shape index (κ1) is 16.6. The van der Waals surface area contributed by atoms with E-state index in [4.69, 9.17) is 9.88 Å². The zero-order valence-electron chi connectivity index (χ0n) is 11.0. The zero-order valence-corrected chi connectivity index (χ0v) is 14.9. The van der Waals surface area contributed by atoms with Gasteiger partial charge in [-0.2, -0.15) is 0 Å². The molecule has 0 aliphatic rings. The number of benzene rings is 1. The summed E-state index contributed by atoms with van der Waals surface area (Å²) in [5.74, 6) is 0.393. The fourth-order valence-corrected chi connectivity index (χ4v) is 3.18. The second-order valence-electron chi connectivity index (χ2n) is 4.12. The summed E-state index contributed by atoms with van der Waals surface area (Å²) in [4.78, 5) is 0. The molecule has 0 bridgehead atoms. The smallest absolute Gasteiger partial charge is 0.273 e. The Balaban J connectivity index is 2.63. The van der Waals surface area contributed by atoms with E-state index in [1.807, 2.05) is 18.2 Å². The van der Waals surface area contributed by atoms with Gasteiger partial charge < -0.3 is 4.74 Å².